The van der Waals surface area contributed by atoms with E-state index in [2.05, 4.69) is 19.1 Å². The van der Waals surface area contributed by atoms with Gasteiger partial charge in [-0.1, -0.05) is 37.3 Å². The van der Waals surface area contributed by atoms with Crippen molar-refractivity contribution in [3.05, 3.63) is 35.9 Å². The first-order chi connectivity index (χ1) is 7.55. The van der Waals surface area contributed by atoms with Crippen LogP contribution in [-0.4, -0.2) is 13.2 Å². The lowest BCUT2D eigenvalue weighted by Crippen LogP contribution is -2.16. The molecule has 0 bridgehead atoms. The Morgan fingerprint density at radius 3 is 2.44 bits per heavy atom. The third kappa shape index (κ3) is 5.09. The zero-order valence-electron chi connectivity index (χ0n) is 9.43. The second-order valence-corrected chi connectivity index (χ2v) is 8.02. The second-order valence-electron chi connectivity index (χ2n) is 4.16. The zero-order chi connectivity index (χ0) is 12.0. The van der Waals surface area contributed by atoms with Gasteiger partial charge in [-0.2, -0.15) is 11.1 Å². The Morgan fingerprint density at radius 1 is 1.25 bits per heavy atom. The highest BCUT2D eigenvalue weighted by atomic mass is 35.6. The SMILES string of the molecule is CC(CC(Cl)(Cl)CC[SiH2]Cl)c1ccccc1. The molecule has 90 valence electrons. The molecular formula is C12H17Cl3Si. The lowest BCUT2D eigenvalue weighted by Gasteiger charge is -2.23. The third-order valence-electron chi connectivity index (χ3n) is 2.65. The molecule has 1 atom stereocenters. The van der Waals surface area contributed by atoms with Gasteiger partial charge in [-0.05, 0) is 30.4 Å². The number of rotatable bonds is 6. The van der Waals surface area contributed by atoms with E-state index in [0.29, 0.717) is 5.92 Å². The van der Waals surface area contributed by atoms with Crippen molar-refractivity contribution in [1.82, 2.24) is 0 Å². The Hall–Kier alpha value is 0.307. The summed E-state index contributed by atoms with van der Waals surface area (Å²) in [6, 6.07) is 11.3. The Kier molecular flexibility index (Phi) is 6.20. The molecule has 0 N–H and O–H groups in total. The van der Waals surface area contributed by atoms with Crippen molar-refractivity contribution in [3.8, 4) is 0 Å². The normalized spacial score (nSPS) is 14.5. The Bertz CT molecular complexity index is 300. The standard InChI is InChI=1S/C12H17Cl3Si/c1-10(11-5-3-2-4-6-11)9-12(13,14)7-8-16-15/h2-6,10H,7-9,16H2,1H3. The van der Waals surface area contributed by atoms with Gasteiger partial charge in [0, 0.05) is 0 Å². The molecule has 4 heteroatoms. The van der Waals surface area contributed by atoms with E-state index in [1.54, 1.807) is 0 Å². The van der Waals surface area contributed by atoms with Gasteiger partial charge in [0.2, 0.25) is 0 Å². The lowest BCUT2D eigenvalue weighted by molar-refractivity contribution is 0.591. The van der Waals surface area contributed by atoms with Gasteiger partial charge in [0.1, 0.15) is 13.2 Å². The van der Waals surface area contributed by atoms with Gasteiger partial charge in [0.05, 0.1) is 0 Å². The van der Waals surface area contributed by atoms with Crippen molar-refractivity contribution in [1.29, 1.82) is 0 Å². The monoisotopic (exact) mass is 294 g/mol. The fourth-order valence-electron chi connectivity index (χ4n) is 1.77. The van der Waals surface area contributed by atoms with E-state index in [-0.39, 0.29) is 0 Å². The fraction of sp³-hybridized carbons (Fsp3) is 0.500. The van der Waals surface area contributed by atoms with Gasteiger partial charge >= 0.3 is 0 Å². The summed E-state index contributed by atoms with van der Waals surface area (Å²) in [5.41, 5.74) is 1.29. The Labute approximate surface area is 115 Å². The third-order valence-corrected chi connectivity index (χ3v) is 4.76. The molecule has 1 aromatic carbocycles. The topological polar surface area (TPSA) is 0 Å². The van der Waals surface area contributed by atoms with E-state index in [0.717, 1.165) is 18.9 Å². The first-order valence-electron chi connectivity index (χ1n) is 5.54. The second kappa shape index (κ2) is 6.90. The molecule has 1 unspecified atom stereocenters. The van der Waals surface area contributed by atoms with Crippen molar-refractivity contribution in [3.63, 3.8) is 0 Å². The highest BCUT2D eigenvalue weighted by Crippen LogP contribution is 2.37. The van der Waals surface area contributed by atoms with E-state index >= 15 is 0 Å². The molecule has 0 radical (unpaired) electrons. The van der Waals surface area contributed by atoms with Crippen molar-refractivity contribution in [2.45, 2.75) is 36.1 Å². The largest absolute Gasteiger partial charge is 0.176 e. The Morgan fingerprint density at radius 2 is 1.88 bits per heavy atom. The highest BCUT2D eigenvalue weighted by Gasteiger charge is 2.26. The van der Waals surface area contributed by atoms with Crippen LogP contribution < -0.4 is 0 Å². The molecular weight excluding hydrogens is 279 g/mol. The molecule has 0 aromatic heterocycles. The van der Waals surface area contributed by atoms with Gasteiger partial charge < -0.3 is 0 Å². The number of hydrogen-bond donors (Lipinski definition) is 0. The van der Waals surface area contributed by atoms with Gasteiger partial charge in [-0.3, -0.25) is 0 Å². The summed E-state index contributed by atoms with van der Waals surface area (Å²) in [6.45, 7) is 2.16. The molecule has 16 heavy (non-hydrogen) atoms. The lowest BCUT2D eigenvalue weighted by atomic mass is 9.95. The minimum absolute atomic E-state index is 0.383. The van der Waals surface area contributed by atoms with E-state index in [1.165, 1.54) is 5.56 Å². The number of halogens is 3. The van der Waals surface area contributed by atoms with Crippen molar-refractivity contribution < 1.29 is 0 Å². The van der Waals surface area contributed by atoms with Crippen molar-refractivity contribution in [2.24, 2.45) is 0 Å². The Balaban J connectivity index is 2.53. The average molecular weight is 296 g/mol. The zero-order valence-corrected chi connectivity index (χ0v) is 13.1. The molecule has 0 aliphatic heterocycles. The number of hydrogen-bond acceptors (Lipinski definition) is 0. The quantitative estimate of drug-likeness (QED) is 0.412. The summed E-state index contributed by atoms with van der Waals surface area (Å²) in [5, 5.41) is 0. The first-order valence-corrected chi connectivity index (χ1v) is 9.43. The van der Waals surface area contributed by atoms with Crippen LogP contribution in [0.2, 0.25) is 6.04 Å². The number of alkyl halides is 2. The summed E-state index contributed by atoms with van der Waals surface area (Å²) in [5.74, 6) is 0.383. The van der Waals surface area contributed by atoms with Crippen LogP contribution in [0.15, 0.2) is 30.3 Å². The van der Waals surface area contributed by atoms with E-state index < -0.39 is 13.2 Å². The summed E-state index contributed by atoms with van der Waals surface area (Å²) in [7, 11) is -0.459. The summed E-state index contributed by atoms with van der Waals surface area (Å²) in [6.07, 6.45) is 1.59. The van der Waals surface area contributed by atoms with Crippen molar-refractivity contribution >= 4 is 43.1 Å². The van der Waals surface area contributed by atoms with Crippen LogP contribution in [0, 0.1) is 0 Å². The van der Waals surface area contributed by atoms with E-state index in [9.17, 15) is 0 Å². The van der Waals surface area contributed by atoms with E-state index in [4.69, 9.17) is 34.3 Å². The molecule has 0 amide bonds. The maximum atomic E-state index is 6.29. The molecule has 0 saturated heterocycles. The molecule has 0 spiro atoms. The molecule has 1 rings (SSSR count). The molecule has 0 aliphatic carbocycles. The molecule has 0 aliphatic rings. The van der Waals surface area contributed by atoms with E-state index in [1.807, 2.05) is 18.2 Å². The fourth-order valence-corrected chi connectivity index (χ4v) is 4.09. The molecule has 0 heterocycles. The van der Waals surface area contributed by atoms with Crippen LogP contribution in [0.25, 0.3) is 0 Å². The van der Waals surface area contributed by atoms with Crippen LogP contribution in [0.3, 0.4) is 0 Å². The van der Waals surface area contributed by atoms with Crippen LogP contribution in [0.5, 0.6) is 0 Å². The molecule has 0 saturated carbocycles. The van der Waals surface area contributed by atoms with Crippen LogP contribution in [0.4, 0.5) is 0 Å². The smallest absolute Gasteiger partial charge is 0.125 e. The van der Waals surface area contributed by atoms with Gasteiger partial charge in [-0.25, -0.2) is 0 Å². The highest BCUT2D eigenvalue weighted by molar-refractivity contribution is 6.93. The summed E-state index contributed by atoms with van der Waals surface area (Å²) < 4.78 is -0.628. The van der Waals surface area contributed by atoms with Gasteiger partial charge in [-0.15, -0.1) is 23.2 Å². The van der Waals surface area contributed by atoms with Crippen LogP contribution in [-0.2, 0) is 0 Å². The predicted octanol–water partition coefficient (Wildman–Crippen LogP) is 4.49. The predicted molar refractivity (Wildman–Crippen MR) is 77.7 cm³/mol. The maximum absolute atomic E-state index is 6.29. The minimum atomic E-state index is -0.628. The molecule has 0 nitrogen and oxygen atoms in total. The summed E-state index contributed by atoms with van der Waals surface area (Å²) in [4.78, 5) is 0. The van der Waals surface area contributed by atoms with Crippen molar-refractivity contribution in [2.75, 3.05) is 0 Å². The van der Waals surface area contributed by atoms with Crippen LogP contribution >= 0.6 is 34.3 Å². The number of benzene rings is 1. The van der Waals surface area contributed by atoms with Crippen LogP contribution in [0.1, 0.15) is 31.2 Å². The molecule has 1 aromatic rings. The van der Waals surface area contributed by atoms with Gasteiger partial charge in [0.25, 0.3) is 0 Å². The van der Waals surface area contributed by atoms with Gasteiger partial charge in [0.15, 0.2) is 0 Å². The summed E-state index contributed by atoms with van der Waals surface area (Å²) >= 11 is 18.4. The minimum Gasteiger partial charge on any atom is -0.176 e. The average Bonchev–Trinajstić information content (AvgIpc) is 2.27. The first kappa shape index (κ1) is 14.4. The maximum Gasteiger partial charge on any atom is 0.125 e. The molecule has 0 fully saturated rings.